The van der Waals surface area contributed by atoms with Crippen LogP contribution in [0.4, 0.5) is 0 Å². The molecule has 2 aromatic rings. The van der Waals surface area contributed by atoms with Crippen molar-refractivity contribution in [2.24, 2.45) is 0 Å². The maximum atomic E-state index is 11.2. The molecule has 1 aliphatic rings. The van der Waals surface area contributed by atoms with Crippen molar-refractivity contribution in [1.82, 2.24) is 10.3 Å². The minimum atomic E-state index is -0.242. The fraction of sp³-hybridized carbons (Fsp3) is 0.357. The minimum Gasteiger partial charge on any atom is -0.455 e. The molecule has 2 N–H and O–H groups in total. The zero-order chi connectivity index (χ0) is 12.5. The Morgan fingerprint density at radius 2 is 2.22 bits per heavy atom. The second-order valence-corrected chi connectivity index (χ2v) is 4.62. The number of rotatable bonds is 1. The summed E-state index contributed by atoms with van der Waals surface area (Å²) in [6, 6.07) is 8.22. The Morgan fingerprint density at radius 1 is 1.39 bits per heavy atom. The number of H-pyrrole nitrogens is 1. The highest BCUT2D eigenvalue weighted by atomic mass is 16.5. The highest BCUT2D eigenvalue weighted by Crippen LogP contribution is 2.30. The number of aromatic amines is 1. The van der Waals surface area contributed by atoms with Gasteiger partial charge in [-0.05, 0) is 24.6 Å². The predicted molar refractivity (Wildman–Crippen MR) is 69.4 cm³/mol. The fourth-order valence-corrected chi connectivity index (χ4v) is 2.61. The van der Waals surface area contributed by atoms with Crippen LogP contribution in [-0.2, 0) is 16.0 Å². The molecule has 0 spiro atoms. The van der Waals surface area contributed by atoms with E-state index in [-0.39, 0.29) is 12.1 Å². The first-order chi connectivity index (χ1) is 8.75. The molecular formula is C14H16N2O2. The van der Waals surface area contributed by atoms with Gasteiger partial charge in [0.25, 0.3) is 0 Å². The molecule has 0 saturated heterocycles. The number of aromatic nitrogens is 1. The quantitative estimate of drug-likeness (QED) is 0.753. The van der Waals surface area contributed by atoms with E-state index in [2.05, 4.69) is 22.4 Å². The summed E-state index contributed by atoms with van der Waals surface area (Å²) in [5, 5.41) is 4.53. The molecule has 1 aliphatic heterocycles. The Bertz CT molecular complexity index is 588. The van der Waals surface area contributed by atoms with Crippen molar-refractivity contribution in [3.63, 3.8) is 0 Å². The van der Waals surface area contributed by atoms with Crippen molar-refractivity contribution in [2.75, 3.05) is 13.1 Å². The van der Waals surface area contributed by atoms with E-state index in [0.717, 1.165) is 24.2 Å². The van der Waals surface area contributed by atoms with Crippen LogP contribution in [0.3, 0.4) is 0 Å². The van der Waals surface area contributed by atoms with Gasteiger partial charge in [-0.2, -0.15) is 0 Å². The van der Waals surface area contributed by atoms with Crippen molar-refractivity contribution < 1.29 is 9.53 Å². The lowest BCUT2D eigenvalue weighted by atomic mass is 10.1. The molecule has 0 radical (unpaired) electrons. The average Bonchev–Trinajstić information content (AvgIpc) is 2.61. The van der Waals surface area contributed by atoms with Crippen LogP contribution in [0.25, 0.3) is 10.9 Å². The van der Waals surface area contributed by atoms with E-state index in [1.165, 1.54) is 17.9 Å². The van der Waals surface area contributed by atoms with Gasteiger partial charge in [-0.1, -0.05) is 18.2 Å². The number of benzene rings is 1. The second kappa shape index (κ2) is 4.46. The maximum Gasteiger partial charge on any atom is 0.303 e. The topological polar surface area (TPSA) is 54.1 Å². The van der Waals surface area contributed by atoms with Gasteiger partial charge in [0.15, 0.2) is 6.10 Å². The number of ether oxygens (including phenoxy) is 1. The van der Waals surface area contributed by atoms with E-state index >= 15 is 0 Å². The predicted octanol–water partition coefficient (Wildman–Crippen LogP) is 1.92. The minimum absolute atomic E-state index is 0.215. The van der Waals surface area contributed by atoms with E-state index in [1.807, 2.05) is 12.1 Å². The average molecular weight is 244 g/mol. The molecule has 0 aliphatic carbocycles. The number of para-hydroxylation sites is 1. The summed E-state index contributed by atoms with van der Waals surface area (Å²) >= 11 is 0. The largest absolute Gasteiger partial charge is 0.455 e. The highest BCUT2D eigenvalue weighted by Gasteiger charge is 2.24. The Morgan fingerprint density at radius 3 is 3.06 bits per heavy atom. The van der Waals surface area contributed by atoms with Gasteiger partial charge in [0, 0.05) is 24.4 Å². The summed E-state index contributed by atoms with van der Waals surface area (Å²) in [5.74, 6) is -0.242. The SMILES string of the molecule is CC(=O)OC1CNCCc2c1[nH]c1ccccc21. The zero-order valence-electron chi connectivity index (χ0n) is 10.3. The summed E-state index contributed by atoms with van der Waals surface area (Å²) < 4.78 is 5.39. The van der Waals surface area contributed by atoms with Crippen LogP contribution < -0.4 is 5.32 Å². The van der Waals surface area contributed by atoms with E-state index in [9.17, 15) is 4.79 Å². The molecule has 4 nitrogen and oxygen atoms in total. The smallest absolute Gasteiger partial charge is 0.303 e. The summed E-state index contributed by atoms with van der Waals surface area (Å²) in [5.41, 5.74) is 3.42. The van der Waals surface area contributed by atoms with E-state index in [0.29, 0.717) is 6.54 Å². The molecule has 0 bridgehead atoms. The fourth-order valence-electron chi connectivity index (χ4n) is 2.61. The summed E-state index contributed by atoms with van der Waals surface area (Å²) in [6.07, 6.45) is 0.740. The van der Waals surface area contributed by atoms with Crippen LogP contribution >= 0.6 is 0 Å². The van der Waals surface area contributed by atoms with Crippen molar-refractivity contribution in [3.05, 3.63) is 35.5 Å². The lowest BCUT2D eigenvalue weighted by molar-refractivity contribution is -0.146. The molecule has 3 rings (SSSR count). The molecule has 0 fully saturated rings. The number of fused-ring (bicyclic) bond motifs is 3. The number of hydrogen-bond donors (Lipinski definition) is 2. The van der Waals surface area contributed by atoms with Gasteiger partial charge in [0.05, 0.1) is 5.69 Å². The lowest BCUT2D eigenvalue weighted by Gasteiger charge is -2.14. The van der Waals surface area contributed by atoms with E-state index in [4.69, 9.17) is 4.74 Å². The number of carbonyl (C=O) groups excluding carboxylic acids is 1. The first-order valence-electron chi connectivity index (χ1n) is 6.23. The molecule has 0 saturated carbocycles. The standard InChI is InChI=1S/C14H16N2O2/c1-9(17)18-13-8-15-7-6-11-10-4-2-3-5-12(10)16-14(11)13/h2-5,13,15-16H,6-8H2,1H3. The lowest BCUT2D eigenvalue weighted by Crippen LogP contribution is -2.23. The maximum absolute atomic E-state index is 11.2. The number of hydrogen-bond acceptors (Lipinski definition) is 3. The monoisotopic (exact) mass is 244 g/mol. The number of esters is 1. The van der Waals surface area contributed by atoms with Crippen LogP contribution in [0, 0.1) is 0 Å². The molecule has 18 heavy (non-hydrogen) atoms. The van der Waals surface area contributed by atoms with Gasteiger partial charge in [0.1, 0.15) is 0 Å². The third-order valence-electron chi connectivity index (χ3n) is 3.36. The van der Waals surface area contributed by atoms with Crippen molar-refractivity contribution in [1.29, 1.82) is 0 Å². The molecule has 1 atom stereocenters. The Labute approximate surface area is 105 Å². The molecule has 4 heteroatoms. The van der Waals surface area contributed by atoms with Crippen molar-refractivity contribution >= 4 is 16.9 Å². The van der Waals surface area contributed by atoms with Gasteiger partial charge in [-0.15, -0.1) is 0 Å². The number of carbonyl (C=O) groups is 1. The van der Waals surface area contributed by atoms with Gasteiger partial charge in [-0.3, -0.25) is 4.79 Å². The van der Waals surface area contributed by atoms with Gasteiger partial charge >= 0.3 is 5.97 Å². The van der Waals surface area contributed by atoms with Crippen LogP contribution in [0.5, 0.6) is 0 Å². The van der Waals surface area contributed by atoms with E-state index in [1.54, 1.807) is 0 Å². The van der Waals surface area contributed by atoms with Crippen LogP contribution in [0.1, 0.15) is 24.3 Å². The molecule has 1 aromatic carbocycles. The van der Waals surface area contributed by atoms with E-state index < -0.39 is 0 Å². The number of nitrogens with one attached hydrogen (secondary N) is 2. The first kappa shape index (κ1) is 11.3. The van der Waals surface area contributed by atoms with Crippen molar-refractivity contribution in [2.45, 2.75) is 19.4 Å². The van der Waals surface area contributed by atoms with Crippen LogP contribution in [-0.4, -0.2) is 24.0 Å². The summed E-state index contributed by atoms with van der Waals surface area (Å²) in [4.78, 5) is 14.6. The molecule has 94 valence electrons. The Kier molecular flexibility index (Phi) is 2.80. The summed E-state index contributed by atoms with van der Waals surface area (Å²) in [7, 11) is 0. The molecule has 0 amide bonds. The molecule has 1 aromatic heterocycles. The highest BCUT2D eigenvalue weighted by molar-refractivity contribution is 5.85. The van der Waals surface area contributed by atoms with Gasteiger partial charge in [-0.25, -0.2) is 0 Å². The van der Waals surface area contributed by atoms with Crippen LogP contribution in [0.15, 0.2) is 24.3 Å². The molecule has 1 unspecified atom stereocenters. The third kappa shape index (κ3) is 1.88. The molecular weight excluding hydrogens is 228 g/mol. The molecule has 2 heterocycles. The Balaban J connectivity index is 2.11. The zero-order valence-corrected chi connectivity index (χ0v) is 10.3. The van der Waals surface area contributed by atoms with Crippen LogP contribution in [0.2, 0.25) is 0 Å². The normalized spacial score (nSPS) is 19.3. The van der Waals surface area contributed by atoms with Gasteiger partial charge < -0.3 is 15.0 Å². The summed E-state index contributed by atoms with van der Waals surface area (Å²) in [6.45, 7) is 3.03. The first-order valence-corrected chi connectivity index (χ1v) is 6.23. The van der Waals surface area contributed by atoms with Crippen molar-refractivity contribution in [3.8, 4) is 0 Å². The second-order valence-electron chi connectivity index (χ2n) is 4.62. The Hall–Kier alpha value is -1.81. The van der Waals surface area contributed by atoms with Gasteiger partial charge in [0.2, 0.25) is 0 Å². The third-order valence-corrected chi connectivity index (χ3v) is 3.36.